The third kappa shape index (κ3) is 1.64. The van der Waals surface area contributed by atoms with E-state index in [1.807, 2.05) is 30.7 Å². The highest BCUT2D eigenvalue weighted by atomic mass is 16.5. The normalized spacial score (nSPS) is 28.7. The number of carbonyl (C=O) groups is 1. The summed E-state index contributed by atoms with van der Waals surface area (Å²) in [7, 11) is 0. The summed E-state index contributed by atoms with van der Waals surface area (Å²) in [6.45, 7) is 5.02. The zero-order chi connectivity index (χ0) is 13.7. The zero-order valence-corrected chi connectivity index (χ0v) is 11.0. The number of ketones is 1. The number of nitrogens with zero attached hydrogens (tertiary/aromatic N) is 3. The van der Waals surface area contributed by atoms with Crippen molar-refractivity contribution in [2.75, 3.05) is 6.61 Å². The Bertz CT molecular complexity index is 621. The van der Waals surface area contributed by atoms with Gasteiger partial charge in [0.05, 0.1) is 12.2 Å². The summed E-state index contributed by atoms with van der Waals surface area (Å²) in [4.78, 5) is 16.5. The third-order valence-electron chi connectivity index (χ3n) is 3.85. The molecule has 0 aromatic carbocycles. The first-order valence-corrected chi connectivity index (χ1v) is 6.32. The van der Waals surface area contributed by atoms with Crippen molar-refractivity contribution in [1.82, 2.24) is 9.55 Å². The van der Waals surface area contributed by atoms with Crippen LogP contribution in [0.15, 0.2) is 24.0 Å². The predicted octanol–water partition coefficient (Wildman–Crippen LogP) is 1.56. The van der Waals surface area contributed by atoms with E-state index < -0.39 is 11.0 Å². The maximum atomic E-state index is 12.2. The predicted molar refractivity (Wildman–Crippen MR) is 67.0 cm³/mol. The van der Waals surface area contributed by atoms with Gasteiger partial charge in [0.15, 0.2) is 5.78 Å². The Hall–Kier alpha value is -1.93. The van der Waals surface area contributed by atoms with Crippen LogP contribution in [0.25, 0.3) is 0 Å². The van der Waals surface area contributed by atoms with Gasteiger partial charge < -0.3 is 9.30 Å². The zero-order valence-electron chi connectivity index (χ0n) is 11.0. The van der Waals surface area contributed by atoms with Gasteiger partial charge in [-0.3, -0.25) is 4.79 Å². The van der Waals surface area contributed by atoms with E-state index in [9.17, 15) is 10.1 Å². The molecular formula is C14H15N3O2. The number of rotatable bonds is 0. The van der Waals surface area contributed by atoms with Crippen molar-refractivity contribution < 1.29 is 9.53 Å². The van der Waals surface area contributed by atoms with Crippen LogP contribution in [0, 0.1) is 16.7 Å². The fraction of sp³-hybridized carbons (Fsp3) is 0.500. The molecule has 0 radical (unpaired) electrons. The largest absolute Gasteiger partial charge is 0.361 e. The van der Waals surface area contributed by atoms with Crippen molar-refractivity contribution in [3.63, 3.8) is 0 Å². The second kappa shape index (κ2) is 3.78. The molecule has 0 bridgehead atoms. The molecule has 2 aliphatic rings. The van der Waals surface area contributed by atoms with Crippen LogP contribution in [-0.4, -0.2) is 21.9 Å². The molecule has 0 fully saturated rings. The summed E-state index contributed by atoms with van der Waals surface area (Å²) in [6.07, 6.45) is 5.80. The molecule has 0 N–H and O–H groups in total. The number of ether oxygens (including phenoxy) is 1. The van der Waals surface area contributed by atoms with Crippen LogP contribution in [-0.2, 0) is 21.7 Å². The lowest BCUT2D eigenvalue weighted by atomic mass is 9.69. The van der Waals surface area contributed by atoms with Crippen molar-refractivity contribution in [1.29, 1.82) is 5.26 Å². The third-order valence-corrected chi connectivity index (χ3v) is 3.85. The lowest BCUT2D eigenvalue weighted by Gasteiger charge is -2.42. The summed E-state index contributed by atoms with van der Waals surface area (Å²) >= 11 is 0. The highest BCUT2D eigenvalue weighted by Gasteiger charge is 2.50. The number of allylic oxidation sites excluding steroid dienone is 1. The molecule has 1 aliphatic carbocycles. The second-order valence-electron chi connectivity index (χ2n) is 5.74. The number of hydrogen-bond donors (Lipinski definition) is 0. The second-order valence-corrected chi connectivity index (χ2v) is 5.74. The standard InChI is InChI=1S/C14H15N3O2/c1-13(2)9-14(7-10(8-15)11(13)18)12-16-3-4-17(12)5-6-19-14/h3-4,7H,5-6,9H2,1-2H3. The maximum absolute atomic E-state index is 12.2. The molecule has 5 heteroatoms. The Morgan fingerprint density at radius 3 is 3.05 bits per heavy atom. The van der Waals surface area contributed by atoms with Gasteiger partial charge in [0, 0.05) is 24.4 Å². The quantitative estimate of drug-likeness (QED) is 0.707. The van der Waals surface area contributed by atoms with E-state index in [-0.39, 0.29) is 11.4 Å². The molecule has 1 atom stereocenters. The average Bonchev–Trinajstić information content (AvgIpc) is 2.83. The molecule has 0 amide bonds. The molecule has 3 rings (SSSR count). The van der Waals surface area contributed by atoms with Gasteiger partial charge in [-0.1, -0.05) is 13.8 Å². The summed E-state index contributed by atoms with van der Waals surface area (Å²) in [5.41, 5.74) is -1.19. The molecule has 0 saturated heterocycles. The van der Waals surface area contributed by atoms with E-state index in [1.165, 1.54) is 0 Å². The van der Waals surface area contributed by atoms with E-state index in [4.69, 9.17) is 4.74 Å². The fourth-order valence-electron chi connectivity index (χ4n) is 3.02. The van der Waals surface area contributed by atoms with Gasteiger partial charge in [0.2, 0.25) is 0 Å². The molecule has 1 spiro atoms. The van der Waals surface area contributed by atoms with Crippen LogP contribution in [0.1, 0.15) is 26.1 Å². The first kappa shape index (κ1) is 12.1. The van der Waals surface area contributed by atoms with E-state index in [0.29, 0.717) is 13.0 Å². The molecule has 0 saturated carbocycles. The Labute approximate surface area is 111 Å². The summed E-state index contributed by atoms with van der Waals surface area (Å²) in [5.74, 6) is 0.667. The van der Waals surface area contributed by atoms with E-state index in [2.05, 4.69) is 4.98 Å². The minimum atomic E-state index is -0.746. The molecular weight excluding hydrogens is 242 g/mol. The lowest BCUT2D eigenvalue weighted by molar-refractivity contribution is -0.132. The number of aromatic nitrogens is 2. The molecule has 5 nitrogen and oxygen atoms in total. The van der Waals surface area contributed by atoms with Gasteiger partial charge in [-0.15, -0.1) is 0 Å². The maximum Gasteiger partial charge on any atom is 0.178 e. The van der Waals surface area contributed by atoms with Crippen LogP contribution < -0.4 is 0 Å². The molecule has 1 unspecified atom stereocenters. The first-order valence-electron chi connectivity index (χ1n) is 6.32. The van der Waals surface area contributed by atoms with Crippen molar-refractivity contribution in [2.24, 2.45) is 5.41 Å². The number of nitriles is 1. The van der Waals surface area contributed by atoms with Gasteiger partial charge >= 0.3 is 0 Å². The molecule has 2 heterocycles. The lowest BCUT2D eigenvalue weighted by Crippen LogP contribution is -2.46. The Kier molecular flexibility index (Phi) is 2.41. The molecule has 1 aliphatic heterocycles. The Balaban J connectivity index is 2.20. The minimum absolute atomic E-state index is 0.118. The highest BCUT2D eigenvalue weighted by molar-refractivity contribution is 6.03. The van der Waals surface area contributed by atoms with Crippen LogP contribution in [0.4, 0.5) is 0 Å². The first-order chi connectivity index (χ1) is 8.98. The number of carbonyl (C=O) groups excluding carboxylic acids is 1. The van der Waals surface area contributed by atoms with Crippen molar-refractivity contribution >= 4 is 5.78 Å². The summed E-state index contributed by atoms with van der Waals surface area (Å²) < 4.78 is 7.97. The van der Waals surface area contributed by atoms with E-state index in [0.717, 1.165) is 12.4 Å². The number of fused-ring (bicyclic) bond motifs is 2. The molecule has 1 aromatic heterocycles. The van der Waals surface area contributed by atoms with Gasteiger partial charge in [0.1, 0.15) is 17.5 Å². The van der Waals surface area contributed by atoms with Gasteiger partial charge in [-0.25, -0.2) is 4.98 Å². The molecule has 98 valence electrons. The average molecular weight is 257 g/mol. The van der Waals surface area contributed by atoms with Crippen LogP contribution >= 0.6 is 0 Å². The van der Waals surface area contributed by atoms with Crippen LogP contribution in [0.3, 0.4) is 0 Å². The van der Waals surface area contributed by atoms with Crippen LogP contribution in [0.2, 0.25) is 0 Å². The SMILES string of the molecule is CC1(C)CC2(C=C(C#N)C1=O)OCCn1ccnc12. The van der Waals surface area contributed by atoms with Gasteiger partial charge in [-0.05, 0) is 12.5 Å². The van der Waals surface area contributed by atoms with Gasteiger partial charge in [-0.2, -0.15) is 5.26 Å². The van der Waals surface area contributed by atoms with Crippen molar-refractivity contribution in [3.05, 3.63) is 29.9 Å². The Morgan fingerprint density at radius 2 is 2.32 bits per heavy atom. The highest BCUT2D eigenvalue weighted by Crippen LogP contribution is 2.46. The molecule has 19 heavy (non-hydrogen) atoms. The number of Topliss-reactive ketones (excluding diaryl/α,β-unsaturated/α-hetero) is 1. The van der Waals surface area contributed by atoms with E-state index in [1.54, 1.807) is 12.3 Å². The topological polar surface area (TPSA) is 67.9 Å². The van der Waals surface area contributed by atoms with Crippen molar-refractivity contribution in [2.45, 2.75) is 32.4 Å². The molecule has 1 aromatic rings. The van der Waals surface area contributed by atoms with Crippen LogP contribution in [0.5, 0.6) is 0 Å². The smallest absolute Gasteiger partial charge is 0.178 e. The fourth-order valence-corrected chi connectivity index (χ4v) is 3.02. The number of hydrogen-bond acceptors (Lipinski definition) is 4. The summed E-state index contributed by atoms with van der Waals surface area (Å²) in [6, 6.07) is 2.00. The Morgan fingerprint density at radius 1 is 1.53 bits per heavy atom. The summed E-state index contributed by atoms with van der Waals surface area (Å²) in [5, 5.41) is 9.18. The van der Waals surface area contributed by atoms with Gasteiger partial charge in [0.25, 0.3) is 0 Å². The number of imidazole rings is 1. The monoisotopic (exact) mass is 257 g/mol. The van der Waals surface area contributed by atoms with E-state index >= 15 is 0 Å². The minimum Gasteiger partial charge on any atom is -0.361 e. The van der Waals surface area contributed by atoms with Crippen molar-refractivity contribution in [3.8, 4) is 6.07 Å².